The zero-order valence-electron chi connectivity index (χ0n) is 14.0. The van der Waals surface area contributed by atoms with Gasteiger partial charge in [0.05, 0.1) is 17.3 Å². The summed E-state index contributed by atoms with van der Waals surface area (Å²) in [4.78, 5) is 24.3. The van der Waals surface area contributed by atoms with Crippen LogP contribution in [0.4, 0.5) is 17.6 Å². The Morgan fingerprint density at radius 3 is 2.35 bits per heavy atom. The van der Waals surface area contributed by atoms with Crippen LogP contribution in [-0.2, 0) is 13.2 Å². The maximum atomic E-state index is 14.3. The highest BCUT2D eigenvalue weighted by Crippen LogP contribution is 2.30. The topological polar surface area (TPSA) is 53.2 Å². The number of halogens is 5. The molecule has 1 aromatic carbocycles. The van der Waals surface area contributed by atoms with Crippen LogP contribution in [0.5, 0.6) is 5.75 Å². The van der Waals surface area contributed by atoms with Crippen molar-refractivity contribution in [2.45, 2.75) is 20.0 Å². The Morgan fingerprint density at radius 1 is 1.19 bits per heavy atom. The van der Waals surface area contributed by atoms with Gasteiger partial charge < -0.3 is 4.74 Å². The molecule has 0 aliphatic heterocycles. The van der Waals surface area contributed by atoms with Gasteiger partial charge in [0, 0.05) is 19.2 Å². The second kappa shape index (κ2) is 7.14. The first-order valence-electron chi connectivity index (χ1n) is 7.46. The molecule has 0 amide bonds. The van der Waals surface area contributed by atoms with Crippen molar-refractivity contribution in [1.29, 1.82) is 0 Å². The van der Waals surface area contributed by atoms with Gasteiger partial charge in [0.25, 0.3) is 5.56 Å². The van der Waals surface area contributed by atoms with Crippen LogP contribution in [0.15, 0.2) is 27.8 Å². The van der Waals surface area contributed by atoms with Crippen LogP contribution in [0.2, 0.25) is 5.02 Å². The molecule has 0 aliphatic carbocycles. The number of hydrogen-bond acceptors (Lipinski definition) is 3. The highest BCUT2D eigenvalue weighted by atomic mass is 35.5. The molecule has 0 radical (unpaired) electrons. The van der Waals surface area contributed by atoms with Gasteiger partial charge >= 0.3 is 11.9 Å². The Bertz CT molecular complexity index is 948. The second-order valence-corrected chi connectivity index (χ2v) is 6.39. The lowest BCUT2D eigenvalue weighted by atomic mass is 10.2. The number of hydrogen-bond donors (Lipinski definition) is 0. The van der Waals surface area contributed by atoms with Crippen LogP contribution < -0.4 is 16.0 Å². The van der Waals surface area contributed by atoms with Gasteiger partial charge in [-0.05, 0) is 12.0 Å². The van der Waals surface area contributed by atoms with E-state index in [4.69, 9.17) is 16.3 Å². The number of ether oxygens (including phenoxy) is 1. The first-order valence-corrected chi connectivity index (χ1v) is 7.83. The lowest BCUT2D eigenvalue weighted by Crippen LogP contribution is -2.41. The van der Waals surface area contributed by atoms with Crippen molar-refractivity contribution in [3.63, 3.8) is 0 Å². The Kier molecular flexibility index (Phi) is 5.50. The molecule has 0 saturated carbocycles. The minimum Gasteiger partial charge on any atom is -0.492 e. The SMILES string of the molecule is CC(C)COc1cc(-n2c(=O)cc(C(F)(F)F)n(C)c2=O)c(F)cc1Cl. The first kappa shape index (κ1) is 20.0. The fourth-order valence-corrected chi connectivity index (χ4v) is 2.38. The number of nitrogens with zero attached hydrogens (tertiary/aromatic N) is 2. The zero-order valence-corrected chi connectivity index (χ0v) is 14.8. The predicted octanol–water partition coefficient (Wildman–Crippen LogP) is 3.38. The third kappa shape index (κ3) is 3.92. The molecule has 0 N–H and O–H groups in total. The fraction of sp³-hybridized carbons (Fsp3) is 0.375. The van der Waals surface area contributed by atoms with E-state index in [1.54, 1.807) is 0 Å². The molecular formula is C16H15ClF4N2O3. The van der Waals surface area contributed by atoms with Crippen molar-refractivity contribution < 1.29 is 22.3 Å². The second-order valence-electron chi connectivity index (χ2n) is 5.98. The molecule has 0 unspecified atom stereocenters. The molecule has 0 aliphatic rings. The summed E-state index contributed by atoms with van der Waals surface area (Å²) in [6.07, 6.45) is -4.91. The third-order valence-electron chi connectivity index (χ3n) is 3.43. The van der Waals surface area contributed by atoms with E-state index in [0.29, 0.717) is 4.57 Å². The van der Waals surface area contributed by atoms with Crippen LogP contribution in [0.25, 0.3) is 5.69 Å². The van der Waals surface area contributed by atoms with E-state index in [0.717, 1.165) is 19.2 Å². The molecule has 2 aromatic rings. The summed E-state index contributed by atoms with van der Waals surface area (Å²) < 4.78 is 58.9. The van der Waals surface area contributed by atoms with Crippen LogP contribution in [0.3, 0.4) is 0 Å². The van der Waals surface area contributed by atoms with Gasteiger partial charge in [0.2, 0.25) is 0 Å². The molecule has 0 saturated heterocycles. The minimum atomic E-state index is -4.91. The maximum Gasteiger partial charge on any atom is 0.431 e. The van der Waals surface area contributed by atoms with Gasteiger partial charge in [-0.3, -0.25) is 9.36 Å². The average Bonchev–Trinajstić information content (AvgIpc) is 2.50. The monoisotopic (exact) mass is 394 g/mol. The summed E-state index contributed by atoms with van der Waals surface area (Å²) in [5, 5.41) is -0.0938. The van der Waals surface area contributed by atoms with Crippen LogP contribution in [-0.4, -0.2) is 15.7 Å². The van der Waals surface area contributed by atoms with Crippen molar-refractivity contribution in [1.82, 2.24) is 9.13 Å². The van der Waals surface area contributed by atoms with Gasteiger partial charge in [-0.25, -0.2) is 13.8 Å². The predicted molar refractivity (Wildman–Crippen MR) is 87.6 cm³/mol. The molecule has 0 spiro atoms. The van der Waals surface area contributed by atoms with Crippen molar-refractivity contribution in [3.8, 4) is 11.4 Å². The first-order chi connectivity index (χ1) is 11.9. The van der Waals surface area contributed by atoms with E-state index < -0.39 is 34.6 Å². The van der Waals surface area contributed by atoms with Crippen molar-refractivity contribution in [2.24, 2.45) is 13.0 Å². The van der Waals surface area contributed by atoms with E-state index >= 15 is 0 Å². The average molecular weight is 395 g/mol. The van der Waals surface area contributed by atoms with E-state index in [1.165, 1.54) is 0 Å². The molecule has 10 heteroatoms. The molecule has 0 bridgehead atoms. The van der Waals surface area contributed by atoms with Crippen LogP contribution in [0.1, 0.15) is 19.5 Å². The Morgan fingerprint density at radius 2 is 1.81 bits per heavy atom. The number of aromatic nitrogens is 2. The highest BCUT2D eigenvalue weighted by molar-refractivity contribution is 6.32. The van der Waals surface area contributed by atoms with Crippen LogP contribution in [0, 0.1) is 11.7 Å². The lowest BCUT2D eigenvalue weighted by molar-refractivity contribution is -0.144. The van der Waals surface area contributed by atoms with Crippen molar-refractivity contribution in [2.75, 3.05) is 6.61 Å². The molecule has 5 nitrogen and oxygen atoms in total. The quantitative estimate of drug-likeness (QED) is 0.747. The lowest BCUT2D eigenvalue weighted by Gasteiger charge is -2.16. The highest BCUT2D eigenvalue weighted by Gasteiger charge is 2.35. The fourth-order valence-electron chi connectivity index (χ4n) is 2.18. The molecule has 0 fully saturated rings. The van der Waals surface area contributed by atoms with E-state index in [2.05, 4.69) is 0 Å². The van der Waals surface area contributed by atoms with Gasteiger partial charge in [-0.1, -0.05) is 25.4 Å². The largest absolute Gasteiger partial charge is 0.492 e. The third-order valence-corrected chi connectivity index (χ3v) is 3.72. The smallest absolute Gasteiger partial charge is 0.431 e. The van der Waals surface area contributed by atoms with Gasteiger partial charge in [-0.15, -0.1) is 0 Å². The summed E-state index contributed by atoms with van der Waals surface area (Å²) >= 11 is 5.88. The normalized spacial score (nSPS) is 11.9. The van der Waals surface area contributed by atoms with Gasteiger partial charge in [0.1, 0.15) is 17.3 Å². The molecule has 1 aromatic heterocycles. The van der Waals surface area contributed by atoms with Crippen molar-refractivity contribution in [3.05, 3.63) is 55.6 Å². The molecule has 26 heavy (non-hydrogen) atoms. The zero-order chi connectivity index (χ0) is 19.8. The maximum absolute atomic E-state index is 14.3. The Hall–Kier alpha value is -2.29. The summed E-state index contributed by atoms with van der Waals surface area (Å²) in [5.74, 6) is -0.933. The van der Waals surface area contributed by atoms with Gasteiger partial charge in [-0.2, -0.15) is 13.2 Å². The summed E-state index contributed by atoms with van der Waals surface area (Å²) in [7, 11) is 0.838. The summed E-state index contributed by atoms with van der Waals surface area (Å²) in [5.41, 5.74) is -4.65. The molecule has 2 rings (SSSR count). The summed E-state index contributed by atoms with van der Waals surface area (Å²) in [6, 6.07) is 2.07. The van der Waals surface area contributed by atoms with Crippen molar-refractivity contribution >= 4 is 11.6 Å². The summed E-state index contributed by atoms with van der Waals surface area (Å²) in [6.45, 7) is 3.94. The Labute approximate surface area is 150 Å². The molecule has 142 valence electrons. The molecule has 0 atom stereocenters. The molecule has 1 heterocycles. The molecular weight excluding hydrogens is 380 g/mol. The minimum absolute atomic E-state index is 0.00520. The number of rotatable bonds is 4. The Balaban J connectivity index is 2.69. The van der Waals surface area contributed by atoms with E-state index in [-0.39, 0.29) is 33.9 Å². The number of alkyl halides is 3. The van der Waals surface area contributed by atoms with Crippen LogP contribution >= 0.6 is 11.6 Å². The van der Waals surface area contributed by atoms with Gasteiger partial charge in [0.15, 0.2) is 0 Å². The number of benzene rings is 1. The van der Waals surface area contributed by atoms with E-state index in [9.17, 15) is 27.2 Å². The standard InChI is InChI=1S/C16H15ClF4N2O3/c1-8(2)7-26-12-5-11(10(18)4-9(12)17)23-14(24)6-13(16(19,20)21)22(3)15(23)25/h4-6,8H,7H2,1-3H3. The van der Waals surface area contributed by atoms with E-state index in [1.807, 2.05) is 13.8 Å².